The van der Waals surface area contributed by atoms with Gasteiger partial charge < -0.3 is 9.64 Å². The van der Waals surface area contributed by atoms with Crippen molar-refractivity contribution in [1.82, 2.24) is 0 Å². The molecule has 1 aromatic heterocycles. The molecule has 294 valence electrons. The van der Waals surface area contributed by atoms with Crippen molar-refractivity contribution in [3.63, 3.8) is 0 Å². The summed E-state index contributed by atoms with van der Waals surface area (Å²) in [6, 6.07) is 82.0. The molecule has 63 heavy (non-hydrogen) atoms. The molecule has 0 N–H and O–H groups in total. The average Bonchev–Trinajstić information content (AvgIpc) is 3.66. The van der Waals surface area contributed by atoms with E-state index in [9.17, 15) is 0 Å². The van der Waals surface area contributed by atoms with Crippen LogP contribution in [0.3, 0.4) is 0 Å². The van der Waals surface area contributed by atoms with Crippen LogP contribution in [0.15, 0.2) is 224 Å². The van der Waals surface area contributed by atoms with Crippen LogP contribution in [0.4, 0.5) is 17.1 Å². The minimum atomic E-state index is 0.852. The number of nitrogens with zero attached hydrogens (tertiary/aromatic N) is 1. The molecule has 1 aliphatic heterocycles. The number of hydrogen-bond acceptors (Lipinski definition) is 3. The Morgan fingerprint density at radius 3 is 1.44 bits per heavy atom. The number of benzene rings is 10. The summed E-state index contributed by atoms with van der Waals surface area (Å²) in [6.07, 6.45) is 0. The van der Waals surface area contributed by atoms with Gasteiger partial charge in [0.1, 0.15) is 11.5 Å². The Balaban J connectivity index is 1.18. The lowest BCUT2D eigenvalue weighted by molar-refractivity contribution is 0.488. The lowest BCUT2D eigenvalue weighted by Crippen LogP contribution is -2.10. The van der Waals surface area contributed by atoms with Gasteiger partial charge in [-0.1, -0.05) is 170 Å². The number of rotatable bonds is 3. The van der Waals surface area contributed by atoms with Gasteiger partial charge in [-0.15, -0.1) is 11.3 Å². The second kappa shape index (κ2) is 14.3. The third kappa shape index (κ3) is 5.64. The van der Waals surface area contributed by atoms with E-state index in [1.807, 2.05) is 23.5 Å². The van der Waals surface area contributed by atoms with Crippen molar-refractivity contribution >= 4 is 102 Å². The zero-order valence-corrected chi connectivity index (χ0v) is 34.9. The fourth-order valence-electron chi connectivity index (χ4n) is 10.1. The Morgan fingerprint density at radius 1 is 0.286 bits per heavy atom. The second-order valence-corrected chi connectivity index (χ2v) is 17.4. The minimum absolute atomic E-state index is 0.852. The highest BCUT2D eigenvalue weighted by Crippen LogP contribution is 2.50. The smallest absolute Gasteiger partial charge is 0.135 e. The molecule has 0 amide bonds. The number of hydrogen-bond donors (Lipinski definition) is 0. The van der Waals surface area contributed by atoms with E-state index < -0.39 is 0 Å². The van der Waals surface area contributed by atoms with Crippen LogP contribution < -0.4 is 9.64 Å². The molecule has 12 aromatic rings. The fraction of sp³-hybridized carbons (Fsp3) is 0. The molecule has 0 bridgehead atoms. The van der Waals surface area contributed by atoms with Crippen LogP contribution in [0.2, 0.25) is 0 Å². The van der Waals surface area contributed by atoms with Gasteiger partial charge in [0.05, 0.1) is 0 Å². The number of fused-ring (bicyclic) bond motifs is 19. The quantitative estimate of drug-likeness (QED) is 0.176. The third-order valence-corrected chi connectivity index (χ3v) is 14.1. The molecule has 2 heterocycles. The molecule has 0 atom stereocenters. The molecule has 0 saturated heterocycles. The van der Waals surface area contributed by atoms with Gasteiger partial charge in [-0.05, 0) is 114 Å². The normalized spacial score (nSPS) is 11.9. The van der Waals surface area contributed by atoms with Gasteiger partial charge in [0, 0.05) is 53.7 Å². The van der Waals surface area contributed by atoms with Crippen molar-refractivity contribution in [3.05, 3.63) is 224 Å². The SMILES string of the molecule is c1ccc(N(c2ccc3c(c2)-c2ccccc2Oc2ccccc2-3)c2ccc3c(c2)c2ccccc2c2ccccc2c2ccccc2c2c3ccc3c4ccccc4sc32)cc1. The molecular weight excluding hydrogens is 783 g/mol. The van der Waals surface area contributed by atoms with Gasteiger partial charge in [0.2, 0.25) is 0 Å². The van der Waals surface area contributed by atoms with Crippen LogP contribution in [-0.4, -0.2) is 0 Å². The summed E-state index contributed by atoms with van der Waals surface area (Å²) in [5, 5.41) is 14.8. The minimum Gasteiger partial charge on any atom is -0.456 e. The molecular formula is C60H37NOS. The molecule has 2 nitrogen and oxygen atoms in total. The number of thiophene rings is 1. The maximum absolute atomic E-state index is 6.60. The highest BCUT2D eigenvalue weighted by Gasteiger charge is 2.23. The lowest BCUT2D eigenvalue weighted by Gasteiger charge is -2.27. The first-order valence-corrected chi connectivity index (χ1v) is 22.3. The van der Waals surface area contributed by atoms with Crippen LogP contribution in [0.25, 0.3) is 96.3 Å². The van der Waals surface area contributed by atoms with Gasteiger partial charge in [-0.3, -0.25) is 0 Å². The van der Waals surface area contributed by atoms with E-state index in [2.05, 4.69) is 217 Å². The van der Waals surface area contributed by atoms with E-state index in [0.717, 1.165) is 50.8 Å². The summed E-state index contributed by atoms with van der Waals surface area (Å²) in [4.78, 5) is 2.40. The maximum atomic E-state index is 6.60. The van der Waals surface area contributed by atoms with Crippen LogP contribution in [-0.2, 0) is 0 Å². The van der Waals surface area contributed by atoms with Gasteiger partial charge in [0.15, 0.2) is 0 Å². The first-order chi connectivity index (χ1) is 31.3. The van der Waals surface area contributed by atoms with Crippen LogP contribution in [0.5, 0.6) is 11.5 Å². The Morgan fingerprint density at radius 2 is 0.746 bits per heavy atom. The monoisotopic (exact) mass is 819 g/mol. The first-order valence-electron chi connectivity index (χ1n) is 21.5. The third-order valence-electron chi connectivity index (χ3n) is 12.9. The van der Waals surface area contributed by atoms with E-state index in [1.165, 1.54) is 74.0 Å². The molecule has 0 saturated carbocycles. The molecule has 3 heteroatoms. The zero-order chi connectivity index (χ0) is 41.4. The predicted molar refractivity (Wildman–Crippen MR) is 270 cm³/mol. The van der Waals surface area contributed by atoms with Crippen molar-refractivity contribution in [2.45, 2.75) is 0 Å². The molecule has 1 aliphatic rings. The van der Waals surface area contributed by atoms with E-state index in [1.54, 1.807) is 0 Å². The van der Waals surface area contributed by atoms with Gasteiger partial charge >= 0.3 is 0 Å². The predicted octanol–water partition coefficient (Wildman–Crippen LogP) is 17.9. The Bertz CT molecular complexity index is 3900. The highest BCUT2D eigenvalue weighted by atomic mass is 32.1. The largest absolute Gasteiger partial charge is 0.456 e. The average molecular weight is 820 g/mol. The first kappa shape index (κ1) is 35.7. The summed E-state index contributed by atoms with van der Waals surface area (Å²) >= 11 is 1.90. The Hall–Kier alpha value is -7.98. The Labute approximate surface area is 368 Å². The second-order valence-electron chi connectivity index (χ2n) is 16.3. The van der Waals surface area contributed by atoms with Crippen molar-refractivity contribution in [3.8, 4) is 33.8 Å². The topological polar surface area (TPSA) is 12.5 Å². The molecule has 0 radical (unpaired) electrons. The lowest BCUT2D eigenvalue weighted by atomic mass is 9.93. The summed E-state index contributed by atoms with van der Waals surface area (Å²) in [5.41, 5.74) is 7.65. The van der Waals surface area contributed by atoms with Crippen molar-refractivity contribution < 1.29 is 4.74 Å². The zero-order valence-electron chi connectivity index (χ0n) is 34.1. The summed E-state index contributed by atoms with van der Waals surface area (Å²) in [7, 11) is 0. The number of ether oxygens (including phenoxy) is 1. The van der Waals surface area contributed by atoms with Gasteiger partial charge in [0.25, 0.3) is 0 Å². The van der Waals surface area contributed by atoms with Crippen LogP contribution in [0, 0.1) is 0 Å². The highest BCUT2D eigenvalue weighted by molar-refractivity contribution is 7.26. The van der Waals surface area contributed by atoms with E-state index in [-0.39, 0.29) is 0 Å². The van der Waals surface area contributed by atoms with Crippen molar-refractivity contribution in [2.75, 3.05) is 4.90 Å². The standard InChI is InChI=1S/C60H37NOS/c1-2-16-38(17-3-1)61(40-30-32-46-48-23-10-13-27-56(48)62-57-28-14-11-24-49(57)55(46)37-40)39-31-33-47-52-34-35-53-50-25-12-15-29-58(50)63-60(53)59(52)51-26-9-8-21-44(51)42-19-5-4-18-41(42)43-20-6-7-22-45(43)54(47)36-39/h1-37H. The molecule has 0 unspecified atom stereocenters. The summed E-state index contributed by atoms with van der Waals surface area (Å²) in [5.74, 6) is 1.71. The molecule has 0 fully saturated rings. The van der Waals surface area contributed by atoms with E-state index in [4.69, 9.17) is 4.74 Å². The van der Waals surface area contributed by atoms with Crippen molar-refractivity contribution in [1.29, 1.82) is 0 Å². The van der Waals surface area contributed by atoms with E-state index >= 15 is 0 Å². The summed E-state index contributed by atoms with van der Waals surface area (Å²) < 4.78 is 9.21. The maximum Gasteiger partial charge on any atom is 0.135 e. The van der Waals surface area contributed by atoms with Crippen LogP contribution >= 0.6 is 11.3 Å². The summed E-state index contributed by atoms with van der Waals surface area (Å²) in [6.45, 7) is 0. The molecule has 13 rings (SSSR count). The van der Waals surface area contributed by atoms with Gasteiger partial charge in [-0.25, -0.2) is 0 Å². The fourth-order valence-corrected chi connectivity index (χ4v) is 11.3. The number of para-hydroxylation sites is 3. The molecule has 0 aliphatic carbocycles. The van der Waals surface area contributed by atoms with E-state index in [0.29, 0.717) is 0 Å². The molecule has 0 spiro atoms. The van der Waals surface area contributed by atoms with Gasteiger partial charge in [-0.2, -0.15) is 0 Å². The Kier molecular flexibility index (Phi) is 8.12. The number of anilines is 3. The molecule has 11 aromatic carbocycles. The van der Waals surface area contributed by atoms with Crippen molar-refractivity contribution in [2.24, 2.45) is 0 Å². The van der Waals surface area contributed by atoms with Crippen LogP contribution in [0.1, 0.15) is 0 Å².